The first kappa shape index (κ1) is 14.7. The summed E-state index contributed by atoms with van der Waals surface area (Å²) in [6, 6.07) is 5.10. The molecule has 2 aromatic rings. The van der Waals surface area contributed by atoms with Gasteiger partial charge >= 0.3 is 0 Å². The Morgan fingerprint density at radius 3 is 2.85 bits per heavy atom. The average molecular weight is 275 g/mol. The highest BCUT2D eigenvalue weighted by atomic mass is 19.1. The lowest BCUT2D eigenvalue weighted by molar-refractivity contribution is 0.524. The van der Waals surface area contributed by atoms with Crippen LogP contribution in [0.4, 0.5) is 4.39 Å². The van der Waals surface area contributed by atoms with Crippen molar-refractivity contribution >= 4 is 0 Å². The highest BCUT2D eigenvalue weighted by Crippen LogP contribution is 2.19. The fourth-order valence-corrected chi connectivity index (χ4v) is 2.03. The van der Waals surface area contributed by atoms with E-state index in [0.29, 0.717) is 11.5 Å². The Kier molecular flexibility index (Phi) is 4.90. The summed E-state index contributed by atoms with van der Waals surface area (Å²) in [4.78, 5) is 4.38. The zero-order valence-corrected chi connectivity index (χ0v) is 12.4. The van der Waals surface area contributed by atoms with E-state index in [2.05, 4.69) is 28.7 Å². The van der Waals surface area contributed by atoms with Crippen molar-refractivity contribution in [2.75, 3.05) is 13.1 Å². The van der Waals surface area contributed by atoms with Gasteiger partial charge in [-0.05, 0) is 43.1 Å². The van der Waals surface area contributed by atoms with Crippen LogP contribution < -0.4 is 5.32 Å². The van der Waals surface area contributed by atoms with Gasteiger partial charge in [-0.25, -0.2) is 9.37 Å². The third kappa shape index (κ3) is 3.90. The molecule has 0 bridgehead atoms. The van der Waals surface area contributed by atoms with Gasteiger partial charge in [0.15, 0.2) is 0 Å². The van der Waals surface area contributed by atoms with Crippen LogP contribution in [0, 0.1) is 18.7 Å². The maximum atomic E-state index is 13.3. The molecule has 0 atom stereocenters. The number of rotatable bonds is 6. The highest BCUT2D eigenvalue weighted by molar-refractivity contribution is 5.59. The Morgan fingerprint density at radius 2 is 2.15 bits per heavy atom. The number of hydrogen-bond acceptors (Lipinski definition) is 2. The second-order valence-corrected chi connectivity index (χ2v) is 5.56. The van der Waals surface area contributed by atoms with Crippen LogP contribution in [0.2, 0.25) is 0 Å². The molecule has 0 unspecified atom stereocenters. The van der Waals surface area contributed by atoms with E-state index in [1.807, 2.05) is 18.6 Å². The predicted octanol–water partition coefficient (Wildman–Crippen LogP) is 3.24. The zero-order valence-electron chi connectivity index (χ0n) is 12.4. The average Bonchev–Trinajstić information content (AvgIpc) is 2.86. The molecular weight excluding hydrogens is 253 g/mol. The van der Waals surface area contributed by atoms with Crippen LogP contribution in [0.5, 0.6) is 0 Å². The molecule has 1 heterocycles. The second kappa shape index (κ2) is 6.66. The Morgan fingerprint density at radius 1 is 1.35 bits per heavy atom. The van der Waals surface area contributed by atoms with Crippen LogP contribution in [0.25, 0.3) is 11.3 Å². The summed E-state index contributed by atoms with van der Waals surface area (Å²) in [5.41, 5.74) is 2.49. The molecule has 20 heavy (non-hydrogen) atoms. The van der Waals surface area contributed by atoms with E-state index in [4.69, 9.17) is 0 Å². The van der Waals surface area contributed by atoms with Crippen molar-refractivity contribution in [3.05, 3.63) is 42.1 Å². The molecular formula is C16H22FN3. The SMILES string of the molecule is Cc1cc(-c2cn(CCNCC(C)C)cn2)ccc1F. The van der Waals surface area contributed by atoms with Crippen LogP contribution in [0.15, 0.2) is 30.7 Å². The Labute approximate surface area is 119 Å². The number of nitrogens with one attached hydrogen (secondary N) is 1. The molecule has 1 aromatic carbocycles. The predicted molar refractivity (Wildman–Crippen MR) is 80.1 cm³/mol. The summed E-state index contributed by atoms with van der Waals surface area (Å²) in [6.45, 7) is 9.00. The Bertz CT molecular complexity index is 561. The number of hydrogen-bond donors (Lipinski definition) is 1. The molecule has 0 aliphatic rings. The van der Waals surface area contributed by atoms with E-state index in [1.165, 1.54) is 6.07 Å². The van der Waals surface area contributed by atoms with Gasteiger partial charge < -0.3 is 9.88 Å². The third-order valence-electron chi connectivity index (χ3n) is 3.19. The minimum Gasteiger partial charge on any atom is -0.336 e. The smallest absolute Gasteiger partial charge is 0.126 e. The van der Waals surface area contributed by atoms with E-state index in [9.17, 15) is 4.39 Å². The van der Waals surface area contributed by atoms with Crippen molar-refractivity contribution in [2.24, 2.45) is 5.92 Å². The number of benzene rings is 1. The Hall–Kier alpha value is -1.68. The molecule has 1 aromatic heterocycles. The highest BCUT2D eigenvalue weighted by Gasteiger charge is 2.05. The van der Waals surface area contributed by atoms with E-state index in [0.717, 1.165) is 30.9 Å². The molecule has 0 saturated heterocycles. The van der Waals surface area contributed by atoms with E-state index in [-0.39, 0.29) is 5.82 Å². The van der Waals surface area contributed by atoms with Gasteiger partial charge in [-0.2, -0.15) is 0 Å². The standard InChI is InChI=1S/C16H22FN3/c1-12(2)9-18-6-7-20-10-16(19-11-20)14-4-5-15(17)13(3)8-14/h4-5,8,10-12,18H,6-7,9H2,1-3H3. The van der Waals surface area contributed by atoms with Gasteiger partial charge in [0, 0.05) is 24.8 Å². The number of nitrogens with zero attached hydrogens (tertiary/aromatic N) is 2. The molecule has 0 aliphatic heterocycles. The van der Waals surface area contributed by atoms with Crippen molar-refractivity contribution in [1.29, 1.82) is 0 Å². The third-order valence-corrected chi connectivity index (χ3v) is 3.19. The lowest BCUT2D eigenvalue weighted by Crippen LogP contribution is -2.23. The summed E-state index contributed by atoms with van der Waals surface area (Å²) in [6.07, 6.45) is 3.83. The molecule has 108 valence electrons. The van der Waals surface area contributed by atoms with Crippen molar-refractivity contribution in [1.82, 2.24) is 14.9 Å². The lowest BCUT2D eigenvalue weighted by Gasteiger charge is -2.07. The van der Waals surface area contributed by atoms with Crippen LogP contribution in [0.3, 0.4) is 0 Å². The zero-order chi connectivity index (χ0) is 14.5. The quantitative estimate of drug-likeness (QED) is 0.820. The largest absolute Gasteiger partial charge is 0.336 e. The maximum absolute atomic E-state index is 13.3. The van der Waals surface area contributed by atoms with Crippen LogP contribution in [-0.2, 0) is 6.54 Å². The molecule has 4 heteroatoms. The fraction of sp³-hybridized carbons (Fsp3) is 0.438. The van der Waals surface area contributed by atoms with E-state index in [1.54, 1.807) is 13.0 Å². The van der Waals surface area contributed by atoms with Gasteiger partial charge in [0.05, 0.1) is 12.0 Å². The van der Waals surface area contributed by atoms with Gasteiger partial charge in [-0.3, -0.25) is 0 Å². The van der Waals surface area contributed by atoms with Crippen molar-refractivity contribution in [2.45, 2.75) is 27.3 Å². The molecule has 0 radical (unpaired) electrons. The van der Waals surface area contributed by atoms with Gasteiger partial charge in [0.2, 0.25) is 0 Å². The minimum absolute atomic E-state index is 0.175. The first-order chi connectivity index (χ1) is 9.56. The molecule has 0 amide bonds. The van der Waals surface area contributed by atoms with Gasteiger partial charge in [0.25, 0.3) is 0 Å². The van der Waals surface area contributed by atoms with Gasteiger partial charge in [-0.15, -0.1) is 0 Å². The summed E-state index contributed by atoms with van der Waals surface area (Å²) < 4.78 is 15.3. The lowest BCUT2D eigenvalue weighted by atomic mass is 10.1. The van der Waals surface area contributed by atoms with Crippen LogP contribution >= 0.6 is 0 Å². The van der Waals surface area contributed by atoms with E-state index >= 15 is 0 Å². The van der Waals surface area contributed by atoms with Crippen LogP contribution in [-0.4, -0.2) is 22.6 Å². The first-order valence-corrected chi connectivity index (χ1v) is 7.05. The first-order valence-electron chi connectivity index (χ1n) is 7.05. The van der Waals surface area contributed by atoms with Crippen molar-refractivity contribution in [3.8, 4) is 11.3 Å². The monoisotopic (exact) mass is 275 g/mol. The number of aryl methyl sites for hydroxylation is 1. The summed E-state index contributed by atoms with van der Waals surface area (Å²) >= 11 is 0. The van der Waals surface area contributed by atoms with Gasteiger partial charge in [0.1, 0.15) is 5.82 Å². The summed E-state index contributed by atoms with van der Waals surface area (Å²) in [7, 11) is 0. The Balaban J connectivity index is 1.96. The normalized spacial score (nSPS) is 11.2. The number of aromatic nitrogens is 2. The molecule has 2 rings (SSSR count). The second-order valence-electron chi connectivity index (χ2n) is 5.56. The minimum atomic E-state index is -0.175. The van der Waals surface area contributed by atoms with Gasteiger partial charge in [-0.1, -0.05) is 13.8 Å². The molecule has 0 spiro atoms. The molecule has 3 nitrogen and oxygen atoms in total. The number of imidazole rings is 1. The summed E-state index contributed by atoms with van der Waals surface area (Å²) in [5, 5.41) is 3.40. The van der Waals surface area contributed by atoms with Crippen molar-refractivity contribution < 1.29 is 4.39 Å². The molecule has 1 N–H and O–H groups in total. The fourth-order valence-electron chi connectivity index (χ4n) is 2.03. The van der Waals surface area contributed by atoms with E-state index < -0.39 is 0 Å². The molecule has 0 aliphatic carbocycles. The molecule has 0 fully saturated rings. The topological polar surface area (TPSA) is 29.9 Å². The van der Waals surface area contributed by atoms with Crippen LogP contribution in [0.1, 0.15) is 19.4 Å². The number of halogens is 1. The summed E-state index contributed by atoms with van der Waals surface area (Å²) in [5.74, 6) is 0.488. The maximum Gasteiger partial charge on any atom is 0.126 e. The van der Waals surface area contributed by atoms with Crippen molar-refractivity contribution in [3.63, 3.8) is 0 Å². The molecule has 0 saturated carbocycles.